The van der Waals surface area contributed by atoms with E-state index in [1.807, 2.05) is 6.92 Å². The molecular formula is C10H7FN4S. The first-order valence-corrected chi connectivity index (χ1v) is 5.45. The Morgan fingerprint density at radius 2 is 1.69 bits per heavy atom. The Balaban J connectivity index is 2.58. The molecule has 0 aliphatic heterocycles. The Labute approximate surface area is 94.5 Å². The summed E-state index contributed by atoms with van der Waals surface area (Å²) in [7, 11) is 0. The average molecular weight is 234 g/mol. The van der Waals surface area contributed by atoms with Crippen LogP contribution in [0.1, 0.15) is 11.1 Å². The van der Waals surface area contributed by atoms with Crippen molar-refractivity contribution < 1.29 is 4.39 Å². The third-order valence-electron chi connectivity index (χ3n) is 2.54. The first-order chi connectivity index (χ1) is 7.66. The van der Waals surface area contributed by atoms with E-state index in [1.165, 1.54) is 6.07 Å². The molecule has 6 heteroatoms. The smallest absolute Gasteiger partial charge is 0.213 e. The molecule has 0 atom stereocenters. The summed E-state index contributed by atoms with van der Waals surface area (Å²) in [5, 5.41) is 0. The van der Waals surface area contributed by atoms with E-state index in [2.05, 4.69) is 18.7 Å². The zero-order valence-corrected chi connectivity index (χ0v) is 9.47. The first-order valence-electron chi connectivity index (χ1n) is 4.72. The van der Waals surface area contributed by atoms with Crippen LogP contribution < -0.4 is 0 Å². The van der Waals surface area contributed by atoms with Gasteiger partial charge in [-0.3, -0.25) is 0 Å². The normalized spacial score (nSPS) is 11.4. The number of benzene rings is 1. The van der Waals surface area contributed by atoms with Gasteiger partial charge < -0.3 is 0 Å². The molecule has 0 N–H and O–H groups in total. The topological polar surface area (TPSA) is 51.6 Å². The molecule has 0 unspecified atom stereocenters. The van der Waals surface area contributed by atoms with Gasteiger partial charge in [-0.2, -0.15) is 8.75 Å². The first kappa shape index (κ1) is 9.53. The van der Waals surface area contributed by atoms with Gasteiger partial charge in [-0.1, -0.05) is 0 Å². The lowest BCUT2D eigenvalue weighted by Crippen LogP contribution is -1.95. The molecule has 3 aromatic rings. The van der Waals surface area contributed by atoms with E-state index in [1.54, 1.807) is 6.92 Å². The Hall–Kier alpha value is -1.69. The van der Waals surface area contributed by atoms with Gasteiger partial charge in [0.05, 0.1) is 22.8 Å². The SMILES string of the molecule is Cc1cc(F)c(C)c2nc3nsnc3nc12. The molecule has 0 amide bonds. The van der Waals surface area contributed by atoms with Gasteiger partial charge in [0.15, 0.2) is 0 Å². The molecular weight excluding hydrogens is 227 g/mol. The van der Waals surface area contributed by atoms with Crippen LogP contribution in [0.5, 0.6) is 0 Å². The lowest BCUT2D eigenvalue weighted by molar-refractivity contribution is 0.619. The highest BCUT2D eigenvalue weighted by atomic mass is 32.1. The highest BCUT2D eigenvalue weighted by molar-refractivity contribution is 6.99. The lowest BCUT2D eigenvalue weighted by Gasteiger charge is -2.04. The molecule has 0 saturated carbocycles. The van der Waals surface area contributed by atoms with Crippen molar-refractivity contribution in [1.29, 1.82) is 0 Å². The Kier molecular flexibility index (Phi) is 1.88. The summed E-state index contributed by atoms with van der Waals surface area (Å²) in [5.74, 6) is -0.262. The van der Waals surface area contributed by atoms with Crippen molar-refractivity contribution in [3.8, 4) is 0 Å². The minimum atomic E-state index is -0.262. The fourth-order valence-corrected chi connectivity index (χ4v) is 2.09. The fraction of sp³-hybridized carbons (Fsp3) is 0.200. The van der Waals surface area contributed by atoms with Gasteiger partial charge in [0.2, 0.25) is 11.3 Å². The quantitative estimate of drug-likeness (QED) is 0.599. The van der Waals surface area contributed by atoms with Crippen LogP contribution in [0.3, 0.4) is 0 Å². The van der Waals surface area contributed by atoms with Crippen LogP contribution in [0.15, 0.2) is 6.07 Å². The summed E-state index contributed by atoms with van der Waals surface area (Å²) < 4.78 is 21.6. The highest BCUT2D eigenvalue weighted by Crippen LogP contribution is 2.23. The number of hydrogen-bond acceptors (Lipinski definition) is 5. The van der Waals surface area contributed by atoms with E-state index in [9.17, 15) is 4.39 Å². The monoisotopic (exact) mass is 234 g/mol. The summed E-state index contributed by atoms with van der Waals surface area (Å²) in [6, 6.07) is 1.47. The minimum absolute atomic E-state index is 0.262. The van der Waals surface area contributed by atoms with E-state index in [0.29, 0.717) is 27.9 Å². The van der Waals surface area contributed by atoms with E-state index in [-0.39, 0.29) is 5.82 Å². The average Bonchev–Trinajstić information content (AvgIpc) is 2.71. The molecule has 2 heterocycles. The molecule has 0 aliphatic rings. The van der Waals surface area contributed by atoms with Crippen molar-refractivity contribution in [3.05, 3.63) is 23.0 Å². The summed E-state index contributed by atoms with van der Waals surface area (Å²) in [4.78, 5) is 8.64. The molecule has 0 fully saturated rings. The maximum Gasteiger partial charge on any atom is 0.213 e. The number of hydrogen-bond donors (Lipinski definition) is 0. The zero-order chi connectivity index (χ0) is 11.3. The largest absolute Gasteiger partial charge is 0.222 e. The van der Waals surface area contributed by atoms with Crippen LogP contribution in [0.25, 0.3) is 22.3 Å². The molecule has 80 valence electrons. The van der Waals surface area contributed by atoms with Crippen molar-refractivity contribution >= 4 is 34.1 Å². The van der Waals surface area contributed by atoms with Crippen LogP contribution in [-0.4, -0.2) is 18.7 Å². The van der Waals surface area contributed by atoms with Gasteiger partial charge in [0.1, 0.15) is 5.82 Å². The number of nitrogens with zero attached hydrogens (tertiary/aromatic N) is 4. The Morgan fingerprint density at radius 1 is 1.06 bits per heavy atom. The van der Waals surface area contributed by atoms with Gasteiger partial charge >= 0.3 is 0 Å². The Morgan fingerprint density at radius 3 is 2.38 bits per heavy atom. The van der Waals surface area contributed by atoms with Crippen molar-refractivity contribution in [2.24, 2.45) is 0 Å². The molecule has 0 saturated heterocycles. The van der Waals surface area contributed by atoms with Crippen molar-refractivity contribution in [3.63, 3.8) is 0 Å². The lowest BCUT2D eigenvalue weighted by atomic mass is 10.1. The molecule has 0 radical (unpaired) electrons. The summed E-state index contributed by atoms with van der Waals surface area (Å²) in [6.07, 6.45) is 0. The Bertz CT molecular complexity index is 707. The van der Waals surface area contributed by atoms with Gasteiger partial charge in [0.25, 0.3) is 0 Å². The molecule has 3 rings (SSSR count). The number of aryl methyl sites for hydroxylation is 2. The number of halogens is 1. The fourth-order valence-electron chi connectivity index (χ4n) is 1.65. The molecule has 0 spiro atoms. The summed E-state index contributed by atoms with van der Waals surface area (Å²) in [5.41, 5.74) is 3.53. The minimum Gasteiger partial charge on any atom is -0.222 e. The van der Waals surface area contributed by atoms with E-state index >= 15 is 0 Å². The highest BCUT2D eigenvalue weighted by Gasteiger charge is 2.12. The predicted octanol–water partition coefficient (Wildman–Crippen LogP) is 2.39. The summed E-state index contributed by atoms with van der Waals surface area (Å²) >= 11 is 1.06. The second kappa shape index (κ2) is 3.15. The van der Waals surface area contributed by atoms with Crippen LogP contribution >= 0.6 is 11.7 Å². The van der Waals surface area contributed by atoms with Gasteiger partial charge in [0, 0.05) is 5.56 Å². The number of aromatic nitrogens is 4. The third-order valence-corrected chi connectivity index (χ3v) is 3.05. The third kappa shape index (κ3) is 1.19. The molecule has 16 heavy (non-hydrogen) atoms. The van der Waals surface area contributed by atoms with Gasteiger partial charge in [-0.05, 0) is 25.5 Å². The molecule has 0 bridgehead atoms. The van der Waals surface area contributed by atoms with Gasteiger partial charge in [-0.15, -0.1) is 0 Å². The van der Waals surface area contributed by atoms with Crippen LogP contribution in [0.4, 0.5) is 4.39 Å². The van der Waals surface area contributed by atoms with Crippen molar-refractivity contribution in [1.82, 2.24) is 18.7 Å². The molecule has 4 nitrogen and oxygen atoms in total. The maximum atomic E-state index is 13.5. The predicted molar refractivity (Wildman–Crippen MR) is 59.9 cm³/mol. The van der Waals surface area contributed by atoms with Crippen molar-refractivity contribution in [2.75, 3.05) is 0 Å². The van der Waals surface area contributed by atoms with Crippen molar-refractivity contribution in [2.45, 2.75) is 13.8 Å². The number of fused-ring (bicyclic) bond motifs is 2. The van der Waals surface area contributed by atoms with Gasteiger partial charge in [-0.25, -0.2) is 14.4 Å². The second-order valence-corrected chi connectivity index (χ2v) is 4.16. The standard InChI is InChI=1S/C10H7FN4S/c1-4-3-6(11)5(2)8-7(4)12-9-10(13-8)15-16-14-9/h3H,1-2H3. The van der Waals surface area contributed by atoms with Crippen LogP contribution in [0.2, 0.25) is 0 Å². The van der Waals surface area contributed by atoms with Crippen LogP contribution in [0, 0.1) is 19.7 Å². The molecule has 0 aliphatic carbocycles. The summed E-state index contributed by atoms with van der Waals surface area (Å²) in [6.45, 7) is 3.50. The second-order valence-electron chi connectivity index (χ2n) is 3.63. The molecule has 1 aromatic carbocycles. The van der Waals surface area contributed by atoms with Crippen LogP contribution in [-0.2, 0) is 0 Å². The van der Waals surface area contributed by atoms with E-state index in [4.69, 9.17) is 0 Å². The van der Waals surface area contributed by atoms with E-state index < -0.39 is 0 Å². The maximum absolute atomic E-state index is 13.5. The molecule has 2 aromatic heterocycles. The van der Waals surface area contributed by atoms with E-state index in [0.717, 1.165) is 17.3 Å². The number of rotatable bonds is 0. The zero-order valence-electron chi connectivity index (χ0n) is 8.65.